The SMILES string of the molecule is CC(C)c1ccc(NC(=O)CN2CC(C)(C)Nc3ccccc32)cc1. The van der Waals surface area contributed by atoms with E-state index in [9.17, 15) is 4.79 Å². The van der Waals surface area contributed by atoms with Gasteiger partial charge in [0.2, 0.25) is 5.91 Å². The third-order valence-electron chi connectivity index (χ3n) is 4.50. The minimum Gasteiger partial charge on any atom is -0.377 e. The summed E-state index contributed by atoms with van der Waals surface area (Å²) in [7, 11) is 0. The first-order valence-electron chi connectivity index (χ1n) is 8.86. The zero-order chi connectivity index (χ0) is 18.0. The quantitative estimate of drug-likeness (QED) is 0.866. The van der Waals surface area contributed by atoms with Crippen molar-refractivity contribution in [1.82, 2.24) is 0 Å². The lowest BCUT2D eigenvalue weighted by molar-refractivity contribution is -0.115. The van der Waals surface area contributed by atoms with E-state index in [2.05, 4.69) is 67.5 Å². The zero-order valence-electron chi connectivity index (χ0n) is 15.5. The number of para-hydroxylation sites is 2. The van der Waals surface area contributed by atoms with Gasteiger partial charge in [-0.05, 0) is 49.6 Å². The van der Waals surface area contributed by atoms with Gasteiger partial charge in [-0.3, -0.25) is 4.79 Å². The Labute approximate surface area is 150 Å². The van der Waals surface area contributed by atoms with Crippen LogP contribution in [-0.4, -0.2) is 24.5 Å². The van der Waals surface area contributed by atoms with Gasteiger partial charge in [0.1, 0.15) is 0 Å². The molecular weight excluding hydrogens is 310 g/mol. The van der Waals surface area contributed by atoms with Crippen molar-refractivity contribution < 1.29 is 4.79 Å². The number of carbonyl (C=O) groups excluding carboxylic acids is 1. The normalized spacial score (nSPS) is 15.5. The second-order valence-electron chi connectivity index (χ2n) is 7.71. The van der Waals surface area contributed by atoms with E-state index >= 15 is 0 Å². The van der Waals surface area contributed by atoms with Gasteiger partial charge in [0.25, 0.3) is 0 Å². The Balaban J connectivity index is 1.70. The second kappa shape index (κ2) is 6.79. The van der Waals surface area contributed by atoms with E-state index < -0.39 is 0 Å². The number of nitrogens with zero attached hydrogens (tertiary/aromatic N) is 1. The number of anilines is 3. The molecule has 3 rings (SSSR count). The Morgan fingerprint density at radius 1 is 1.16 bits per heavy atom. The van der Waals surface area contributed by atoms with Crippen molar-refractivity contribution in [3.8, 4) is 0 Å². The van der Waals surface area contributed by atoms with Gasteiger partial charge in [0, 0.05) is 17.8 Å². The van der Waals surface area contributed by atoms with E-state index in [1.807, 2.05) is 24.3 Å². The van der Waals surface area contributed by atoms with E-state index in [1.54, 1.807) is 0 Å². The van der Waals surface area contributed by atoms with Crippen LogP contribution in [0, 0.1) is 0 Å². The first kappa shape index (κ1) is 17.3. The van der Waals surface area contributed by atoms with Gasteiger partial charge >= 0.3 is 0 Å². The number of hydrogen-bond acceptors (Lipinski definition) is 3. The standard InChI is InChI=1S/C21H27N3O/c1-15(2)16-9-11-17(12-10-16)22-20(25)13-24-14-21(3,4)23-18-7-5-6-8-19(18)24/h5-12,15,23H,13-14H2,1-4H3,(H,22,25). The lowest BCUT2D eigenvalue weighted by Crippen LogP contribution is -2.50. The molecule has 0 atom stereocenters. The third-order valence-corrected chi connectivity index (χ3v) is 4.50. The van der Waals surface area contributed by atoms with Crippen LogP contribution in [0.1, 0.15) is 39.2 Å². The molecule has 4 nitrogen and oxygen atoms in total. The Morgan fingerprint density at radius 3 is 2.52 bits per heavy atom. The molecule has 1 heterocycles. The maximum absolute atomic E-state index is 12.5. The second-order valence-corrected chi connectivity index (χ2v) is 7.71. The zero-order valence-corrected chi connectivity index (χ0v) is 15.5. The fraction of sp³-hybridized carbons (Fsp3) is 0.381. The number of benzene rings is 2. The Bertz CT molecular complexity index is 750. The summed E-state index contributed by atoms with van der Waals surface area (Å²) >= 11 is 0. The molecular formula is C21H27N3O. The van der Waals surface area contributed by atoms with Crippen LogP contribution in [0.3, 0.4) is 0 Å². The molecule has 2 N–H and O–H groups in total. The Hall–Kier alpha value is -2.49. The van der Waals surface area contributed by atoms with Crippen LogP contribution in [0.15, 0.2) is 48.5 Å². The molecule has 1 aliphatic heterocycles. The maximum Gasteiger partial charge on any atom is 0.243 e. The number of rotatable bonds is 4. The number of nitrogens with one attached hydrogen (secondary N) is 2. The van der Waals surface area contributed by atoms with Crippen molar-refractivity contribution in [1.29, 1.82) is 0 Å². The fourth-order valence-electron chi connectivity index (χ4n) is 3.29. The number of carbonyl (C=O) groups is 1. The molecule has 0 bridgehead atoms. The summed E-state index contributed by atoms with van der Waals surface area (Å²) in [4.78, 5) is 14.7. The molecule has 0 spiro atoms. The summed E-state index contributed by atoms with van der Waals surface area (Å²) in [5.41, 5.74) is 4.20. The van der Waals surface area contributed by atoms with Gasteiger partial charge in [-0.2, -0.15) is 0 Å². The van der Waals surface area contributed by atoms with Crippen molar-refractivity contribution in [2.24, 2.45) is 0 Å². The highest BCUT2D eigenvalue weighted by molar-refractivity contribution is 5.95. The van der Waals surface area contributed by atoms with Gasteiger partial charge in [0.05, 0.1) is 17.9 Å². The summed E-state index contributed by atoms with van der Waals surface area (Å²) in [5, 5.41) is 6.55. The largest absolute Gasteiger partial charge is 0.377 e. The molecule has 0 unspecified atom stereocenters. The highest BCUT2D eigenvalue weighted by atomic mass is 16.2. The van der Waals surface area contributed by atoms with Crippen LogP contribution >= 0.6 is 0 Å². The van der Waals surface area contributed by atoms with Crippen LogP contribution in [0.25, 0.3) is 0 Å². The van der Waals surface area contributed by atoms with Crippen molar-refractivity contribution in [2.75, 3.05) is 28.6 Å². The predicted octanol–water partition coefficient (Wildman–Crippen LogP) is 4.46. The first-order chi connectivity index (χ1) is 11.8. The van der Waals surface area contributed by atoms with Gasteiger partial charge in [-0.15, -0.1) is 0 Å². The lowest BCUT2D eigenvalue weighted by Gasteiger charge is -2.41. The maximum atomic E-state index is 12.5. The Morgan fingerprint density at radius 2 is 1.84 bits per heavy atom. The van der Waals surface area contributed by atoms with E-state index in [1.165, 1.54) is 5.56 Å². The molecule has 0 radical (unpaired) electrons. The van der Waals surface area contributed by atoms with E-state index in [4.69, 9.17) is 0 Å². The van der Waals surface area contributed by atoms with Crippen LogP contribution in [0.2, 0.25) is 0 Å². The minimum absolute atomic E-state index is 0.00444. The van der Waals surface area contributed by atoms with E-state index in [-0.39, 0.29) is 11.4 Å². The molecule has 0 aromatic heterocycles. The van der Waals surface area contributed by atoms with Gasteiger partial charge in [-0.25, -0.2) is 0 Å². The summed E-state index contributed by atoms with van der Waals surface area (Å²) in [6.45, 7) is 9.75. The van der Waals surface area contributed by atoms with Crippen molar-refractivity contribution in [2.45, 2.75) is 39.2 Å². The highest BCUT2D eigenvalue weighted by Gasteiger charge is 2.30. The van der Waals surface area contributed by atoms with Crippen molar-refractivity contribution >= 4 is 23.0 Å². The van der Waals surface area contributed by atoms with Crippen molar-refractivity contribution in [3.63, 3.8) is 0 Å². The lowest BCUT2D eigenvalue weighted by atomic mass is 9.99. The summed E-state index contributed by atoms with van der Waals surface area (Å²) in [6, 6.07) is 16.2. The number of amides is 1. The molecule has 4 heteroatoms. The van der Waals surface area contributed by atoms with Crippen LogP contribution in [0.4, 0.5) is 17.1 Å². The molecule has 1 aliphatic rings. The summed E-state index contributed by atoms with van der Waals surface area (Å²) in [5.74, 6) is 0.495. The molecule has 0 saturated heterocycles. The highest BCUT2D eigenvalue weighted by Crippen LogP contribution is 2.33. The van der Waals surface area contributed by atoms with Crippen LogP contribution < -0.4 is 15.5 Å². The van der Waals surface area contributed by atoms with Crippen molar-refractivity contribution in [3.05, 3.63) is 54.1 Å². The fourth-order valence-corrected chi connectivity index (χ4v) is 3.29. The topological polar surface area (TPSA) is 44.4 Å². The van der Waals surface area contributed by atoms with E-state index in [0.29, 0.717) is 12.5 Å². The Kier molecular flexibility index (Phi) is 4.71. The predicted molar refractivity (Wildman–Crippen MR) is 106 cm³/mol. The molecule has 2 aromatic carbocycles. The molecule has 1 amide bonds. The van der Waals surface area contributed by atoms with Gasteiger partial charge in [-0.1, -0.05) is 38.1 Å². The monoisotopic (exact) mass is 337 g/mol. The molecule has 2 aromatic rings. The van der Waals surface area contributed by atoms with Crippen LogP contribution in [-0.2, 0) is 4.79 Å². The summed E-state index contributed by atoms with van der Waals surface area (Å²) in [6.07, 6.45) is 0. The smallest absolute Gasteiger partial charge is 0.243 e. The average Bonchev–Trinajstić information content (AvgIpc) is 2.54. The first-order valence-corrected chi connectivity index (χ1v) is 8.86. The van der Waals surface area contributed by atoms with Crippen LogP contribution in [0.5, 0.6) is 0 Å². The molecule has 132 valence electrons. The third kappa shape index (κ3) is 4.13. The number of hydrogen-bond donors (Lipinski definition) is 2. The van der Waals surface area contributed by atoms with Gasteiger partial charge in [0.15, 0.2) is 0 Å². The minimum atomic E-state index is -0.0758. The summed E-state index contributed by atoms with van der Waals surface area (Å²) < 4.78 is 0. The number of fused-ring (bicyclic) bond motifs is 1. The molecule has 0 aliphatic carbocycles. The van der Waals surface area contributed by atoms with Gasteiger partial charge < -0.3 is 15.5 Å². The molecule has 0 fully saturated rings. The molecule has 25 heavy (non-hydrogen) atoms. The average molecular weight is 337 g/mol. The molecule has 0 saturated carbocycles. The van der Waals surface area contributed by atoms with E-state index in [0.717, 1.165) is 23.6 Å².